The number of alkyl halides is 3. The first-order valence-corrected chi connectivity index (χ1v) is 8.75. The molecule has 0 atom stereocenters. The molecule has 0 aliphatic heterocycles. The summed E-state index contributed by atoms with van der Waals surface area (Å²) >= 11 is 12.3. The van der Waals surface area contributed by atoms with E-state index in [1.807, 2.05) is 6.92 Å². The summed E-state index contributed by atoms with van der Waals surface area (Å²) in [4.78, 5) is 4.55. The molecule has 2 aromatic heterocycles. The van der Waals surface area contributed by atoms with Crippen LogP contribution in [0.15, 0.2) is 36.4 Å². The Kier molecular flexibility index (Phi) is 4.24. The van der Waals surface area contributed by atoms with Crippen molar-refractivity contribution in [3.8, 4) is 11.4 Å². The molecule has 4 nitrogen and oxygen atoms in total. The summed E-state index contributed by atoms with van der Waals surface area (Å²) in [6, 6.07) is 8.22. The number of benzene rings is 2. The first kappa shape index (κ1) is 18.0. The quantitative estimate of drug-likeness (QED) is 0.417. The minimum absolute atomic E-state index is 0.142. The molecule has 0 amide bonds. The van der Waals surface area contributed by atoms with Gasteiger partial charge in [-0.15, -0.1) is 10.2 Å². The van der Waals surface area contributed by atoms with E-state index in [0.29, 0.717) is 33.8 Å². The summed E-state index contributed by atoms with van der Waals surface area (Å²) in [5, 5.41) is 8.92. The standard InChI is InChI=1S/C18H11Cl2F3N4/c1-2-13-17-26-25-16(11-7-9(18(21,22)23)3-5-12(11)20)27(17)15-6-4-10(19)8-14(15)24-13/h3-8H,2H2,1H3. The van der Waals surface area contributed by atoms with Gasteiger partial charge in [0, 0.05) is 10.6 Å². The second-order valence-corrected chi connectivity index (χ2v) is 6.76. The van der Waals surface area contributed by atoms with Crippen LogP contribution < -0.4 is 0 Å². The summed E-state index contributed by atoms with van der Waals surface area (Å²) < 4.78 is 41.1. The Bertz CT molecular complexity index is 1180. The number of halogens is 5. The Balaban J connectivity index is 2.10. The summed E-state index contributed by atoms with van der Waals surface area (Å²) in [7, 11) is 0. The molecular formula is C18H11Cl2F3N4. The van der Waals surface area contributed by atoms with E-state index in [-0.39, 0.29) is 16.4 Å². The van der Waals surface area contributed by atoms with E-state index >= 15 is 0 Å². The Labute approximate surface area is 161 Å². The number of hydrogen-bond donors (Lipinski definition) is 0. The molecule has 0 radical (unpaired) electrons. The average molecular weight is 411 g/mol. The summed E-state index contributed by atoms with van der Waals surface area (Å²) in [6.07, 6.45) is -3.92. The van der Waals surface area contributed by atoms with E-state index in [4.69, 9.17) is 23.2 Å². The molecular weight excluding hydrogens is 400 g/mol. The van der Waals surface area contributed by atoms with Crippen LogP contribution in [-0.2, 0) is 12.6 Å². The first-order chi connectivity index (χ1) is 12.8. The van der Waals surface area contributed by atoms with Crippen LogP contribution in [0, 0.1) is 0 Å². The molecule has 0 saturated heterocycles. The van der Waals surface area contributed by atoms with Crippen molar-refractivity contribution in [3.05, 3.63) is 57.7 Å². The van der Waals surface area contributed by atoms with Crippen molar-refractivity contribution in [2.24, 2.45) is 0 Å². The van der Waals surface area contributed by atoms with Crippen molar-refractivity contribution >= 4 is 39.9 Å². The number of nitrogens with zero attached hydrogens (tertiary/aromatic N) is 4. The monoisotopic (exact) mass is 410 g/mol. The molecule has 0 bridgehead atoms. The fraction of sp³-hybridized carbons (Fsp3) is 0.167. The zero-order valence-corrected chi connectivity index (χ0v) is 15.4. The number of aromatic nitrogens is 4. The third-order valence-electron chi connectivity index (χ3n) is 4.22. The lowest BCUT2D eigenvalue weighted by Gasteiger charge is -2.11. The van der Waals surface area contributed by atoms with Gasteiger partial charge in [0.15, 0.2) is 11.5 Å². The molecule has 0 aliphatic rings. The lowest BCUT2D eigenvalue weighted by Crippen LogP contribution is -2.05. The molecule has 0 spiro atoms. The van der Waals surface area contributed by atoms with Crippen molar-refractivity contribution in [1.29, 1.82) is 0 Å². The molecule has 138 valence electrons. The molecule has 2 aromatic carbocycles. The Hall–Kier alpha value is -2.38. The second-order valence-electron chi connectivity index (χ2n) is 5.92. The largest absolute Gasteiger partial charge is 0.416 e. The van der Waals surface area contributed by atoms with Crippen LogP contribution in [-0.4, -0.2) is 19.6 Å². The normalized spacial score (nSPS) is 12.2. The maximum absolute atomic E-state index is 13.2. The van der Waals surface area contributed by atoms with Crippen molar-refractivity contribution in [3.63, 3.8) is 0 Å². The molecule has 2 heterocycles. The average Bonchev–Trinajstić information content (AvgIpc) is 3.05. The molecule has 0 saturated carbocycles. The highest BCUT2D eigenvalue weighted by molar-refractivity contribution is 6.33. The molecule has 4 rings (SSSR count). The summed E-state index contributed by atoms with van der Waals surface area (Å²) in [5.41, 5.74) is 1.68. The molecule has 0 aliphatic carbocycles. The van der Waals surface area contributed by atoms with E-state index < -0.39 is 11.7 Å². The minimum Gasteiger partial charge on any atom is -0.272 e. The van der Waals surface area contributed by atoms with Crippen molar-refractivity contribution < 1.29 is 13.2 Å². The van der Waals surface area contributed by atoms with Crippen LogP contribution in [0.25, 0.3) is 28.1 Å². The maximum atomic E-state index is 13.2. The van der Waals surface area contributed by atoms with Gasteiger partial charge in [0.05, 0.1) is 27.3 Å². The minimum atomic E-state index is -4.49. The van der Waals surface area contributed by atoms with Gasteiger partial charge in [-0.25, -0.2) is 4.98 Å². The highest BCUT2D eigenvalue weighted by atomic mass is 35.5. The van der Waals surface area contributed by atoms with E-state index in [9.17, 15) is 13.2 Å². The number of hydrogen-bond acceptors (Lipinski definition) is 3. The third kappa shape index (κ3) is 3.00. The molecule has 4 aromatic rings. The van der Waals surface area contributed by atoms with Crippen LogP contribution in [0.1, 0.15) is 18.2 Å². The van der Waals surface area contributed by atoms with Crippen LogP contribution in [0.5, 0.6) is 0 Å². The Morgan fingerprint density at radius 2 is 1.81 bits per heavy atom. The Morgan fingerprint density at radius 3 is 2.52 bits per heavy atom. The number of rotatable bonds is 2. The summed E-state index contributed by atoms with van der Waals surface area (Å²) in [6.45, 7) is 1.91. The van der Waals surface area contributed by atoms with Gasteiger partial charge in [0.2, 0.25) is 0 Å². The van der Waals surface area contributed by atoms with Gasteiger partial charge in [0.25, 0.3) is 0 Å². The predicted molar refractivity (Wildman–Crippen MR) is 98.1 cm³/mol. The lowest BCUT2D eigenvalue weighted by atomic mass is 10.1. The highest BCUT2D eigenvalue weighted by Gasteiger charge is 2.31. The smallest absolute Gasteiger partial charge is 0.272 e. The van der Waals surface area contributed by atoms with E-state index in [0.717, 1.165) is 12.1 Å². The predicted octanol–water partition coefficient (Wildman–Crippen LogP) is 5.83. The fourth-order valence-electron chi connectivity index (χ4n) is 2.95. The molecule has 0 N–H and O–H groups in total. The second kappa shape index (κ2) is 6.35. The Morgan fingerprint density at radius 1 is 1.04 bits per heavy atom. The third-order valence-corrected chi connectivity index (χ3v) is 4.79. The van der Waals surface area contributed by atoms with Gasteiger partial charge in [-0.05, 0) is 42.8 Å². The zero-order valence-electron chi connectivity index (χ0n) is 13.8. The lowest BCUT2D eigenvalue weighted by molar-refractivity contribution is -0.137. The zero-order chi connectivity index (χ0) is 19.3. The summed E-state index contributed by atoms with van der Waals surface area (Å²) in [5.74, 6) is 0.213. The van der Waals surface area contributed by atoms with Gasteiger partial charge in [-0.3, -0.25) is 4.40 Å². The SMILES string of the molecule is CCc1nc2cc(Cl)ccc2n2c(-c3cc(C(F)(F)F)ccc3Cl)nnc12. The van der Waals surface area contributed by atoms with Crippen LogP contribution in [0.4, 0.5) is 13.2 Å². The van der Waals surface area contributed by atoms with Gasteiger partial charge in [-0.2, -0.15) is 13.2 Å². The first-order valence-electron chi connectivity index (χ1n) is 8.00. The van der Waals surface area contributed by atoms with Crippen LogP contribution in [0.3, 0.4) is 0 Å². The van der Waals surface area contributed by atoms with Crippen LogP contribution >= 0.6 is 23.2 Å². The fourth-order valence-corrected chi connectivity index (χ4v) is 3.32. The molecule has 27 heavy (non-hydrogen) atoms. The van der Waals surface area contributed by atoms with E-state index in [1.165, 1.54) is 6.07 Å². The molecule has 9 heteroatoms. The van der Waals surface area contributed by atoms with Gasteiger partial charge in [0.1, 0.15) is 0 Å². The van der Waals surface area contributed by atoms with Crippen molar-refractivity contribution in [1.82, 2.24) is 19.6 Å². The van der Waals surface area contributed by atoms with Gasteiger partial charge in [-0.1, -0.05) is 30.1 Å². The van der Waals surface area contributed by atoms with E-state index in [1.54, 1.807) is 22.6 Å². The van der Waals surface area contributed by atoms with Crippen LogP contribution in [0.2, 0.25) is 10.0 Å². The van der Waals surface area contributed by atoms with Gasteiger partial charge >= 0.3 is 6.18 Å². The maximum Gasteiger partial charge on any atom is 0.416 e. The highest BCUT2D eigenvalue weighted by Crippen LogP contribution is 2.36. The van der Waals surface area contributed by atoms with Crippen molar-refractivity contribution in [2.75, 3.05) is 0 Å². The topological polar surface area (TPSA) is 43.1 Å². The number of aryl methyl sites for hydroxylation is 1. The molecule has 0 fully saturated rings. The van der Waals surface area contributed by atoms with Crippen molar-refractivity contribution in [2.45, 2.75) is 19.5 Å². The van der Waals surface area contributed by atoms with Gasteiger partial charge < -0.3 is 0 Å². The van der Waals surface area contributed by atoms with E-state index in [2.05, 4.69) is 15.2 Å². The molecule has 0 unspecified atom stereocenters. The number of fused-ring (bicyclic) bond motifs is 3.